The summed E-state index contributed by atoms with van der Waals surface area (Å²) in [7, 11) is 0. The molecule has 2 atom stereocenters. The van der Waals surface area contributed by atoms with E-state index in [1.54, 1.807) is 0 Å². The molecule has 0 radical (unpaired) electrons. The van der Waals surface area contributed by atoms with E-state index in [0.29, 0.717) is 19.8 Å². The van der Waals surface area contributed by atoms with Gasteiger partial charge in [-0.15, -0.1) is 6.58 Å². The Morgan fingerprint density at radius 2 is 2.00 bits per heavy atom. The normalized spacial score (nSPS) is 23.4. The van der Waals surface area contributed by atoms with Crippen molar-refractivity contribution in [2.24, 2.45) is 0 Å². The summed E-state index contributed by atoms with van der Waals surface area (Å²) in [4.78, 5) is 15.3. The number of carbonyl (C=O) groups is 1. The summed E-state index contributed by atoms with van der Waals surface area (Å²) < 4.78 is 17.5. The van der Waals surface area contributed by atoms with Crippen molar-refractivity contribution < 1.29 is 19.0 Å². The van der Waals surface area contributed by atoms with Gasteiger partial charge < -0.3 is 19.1 Å². The van der Waals surface area contributed by atoms with Crippen LogP contribution in [0.2, 0.25) is 0 Å². The molecule has 28 heavy (non-hydrogen) atoms. The Kier molecular flexibility index (Phi) is 5.37. The molecule has 1 fully saturated rings. The van der Waals surface area contributed by atoms with Crippen molar-refractivity contribution in [2.45, 2.75) is 63.5 Å². The number of amides is 1. The molecule has 1 spiro atoms. The molecule has 1 amide bonds. The van der Waals surface area contributed by atoms with Gasteiger partial charge in [0, 0.05) is 12.0 Å². The van der Waals surface area contributed by atoms with Crippen LogP contribution in [0.1, 0.15) is 63.1 Å². The second-order valence-electron chi connectivity index (χ2n) is 8.30. The fourth-order valence-corrected chi connectivity index (χ4v) is 5.01. The zero-order valence-corrected chi connectivity index (χ0v) is 17.0. The summed E-state index contributed by atoms with van der Waals surface area (Å²) in [5, 5.41) is 0. The topological polar surface area (TPSA) is 48.0 Å². The van der Waals surface area contributed by atoms with Crippen molar-refractivity contribution in [1.82, 2.24) is 4.90 Å². The van der Waals surface area contributed by atoms with Crippen molar-refractivity contribution in [3.63, 3.8) is 0 Å². The van der Waals surface area contributed by atoms with Gasteiger partial charge in [0.1, 0.15) is 19.3 Å². The molecule has 1 aliphatic carbocycles. The number of ether oxygens (including phenoxy) is 3. The molecule has 0 bridgehead atoms. The van der Waals surface area contributed by atoms with Crippen LogP contribution < -0.4 is 9.47 Å². The molecule has 3 aliphatic rings. The molecule has 0 N–H and O–H groups in total. The number of rotatable bonds is 5. The summed E-state index contributed by atoms with van der Waals surface area (Å²) in [5.74, 6) is 1.72. The third-order valence-electron chi connectivity index (χ3n) is 6.56. The van der Waals surface area contributed by atoms with Gasteiger partial charge in [0.25, 0.3) is 5.91 Å². The number of nitrogens with zero attached hydrogens (tertiary/aromatic N) is 1. The van der Waals surface area contributed by atoms with E-state index in [0.717, 1.165) is 37.3 Å². The minimum Gasteiger partial charge on any atom is -0.486 e. The lowest BCUT2D eigenvalue weighted by molar-refractivity contribution is -0.146. The fraction of sp³-hybridized carbons (Fsp3) is 0.609. The lowest BCUT2D eigenvalue weighted by atomic mass is 9.71. The summed E-state index contributed by atoms with van der Waals surface area (Å²) in [5.41, 5.74) is 2.57. The van der Waals surface area contributed by atoms with Crippen molar-refractivity contribution in [1.29, 1.82) is 0 Å². The van der Waals surface area contributed by atoms with Crippen molar-refractivity contribution in [3.05, 3.63) is 35.9 Å². The molecule has 5 heteroatoms. The molecule has 1 aromatic rings. The van der Waals surface area contributed by atoms with Crippen LogP contribution in [0.4, 0.5) is 0 Å². The maximum absolute atomic E-state index is 13.3. The molecule has 4 rings (SSSR count). The number of hydrogen-bond acceptors (Lipinski definition) is 4. The summed E-state index contributed by atoms with van der Waals surface area (Å²) in [6.07, 6.45) is 6.76. The zero-order chi connectivity index (χ0) is 19.7. The van der Waals surface area contributed by atoms with Gasteiger partial charge in [-0.1, -0.05) is 18.9 Å². The first-order valence-corrected chi connectivity index (χ1v) is 10.5. The molecule has 0 aromatic heterocycles. The standard InChI is InChI=1S/C23H31NO4/c1-4-5-10-26-17(3)22(25)24-15-23(8-6-7-9-23)19-14-21-20(27-11-12-28-21)13-18(19)16(24)2/h4,13-14,16-17H,1,5-12,15H2,2-3H3/t16-,17-/m1/s1. The molecule has 5 nitrogen and oxygen atoms in total. The van der Waals surface area contributed by atoms with Crippen molar-refractivity contribution in [3.8, 4) is 11.5 Å². The molecule has 1 saturated carbocycles. The summed E-state index contributed by atoms with van der Waals surface area (Å²) in [6, 6.07) is 4.30. The second kappa shape index (κ2) is 7.78. The predicted octanol–water partition coefficient (Wildman–Crippen LogP) is 4.15. The van der Waals surface area contributed by atoms with Crippen LogP contribution in [0.5, 0.6) is 11.5 Å². The first-order valence-electron chi connectivity index (χ1n) is 10.5. The molecule has 0 unspecified atom stereocenters. The monoisotopic (exact) mass is 385 g/mol. The smallest absolute Gasteiger partial charge is 0.251 e. The highest BCUT2D eigenvalue weighted by Crippen LogP contribution is 2.52. The van der Waals surface area contributed by atoms with E-state index in [-0.39, 0.29) is 17.4 Å². The van der Waals surface area contributed by atoms with E-state index >= 15 is 0 Å². The van der Waals surface area contributed by atoms with Gasteiger partial charge in [0.2, 0.25) is 0 Å². The molecule has 2 aliphatic heterocycles. The van der Waals surface area contributed by atoms with E-state index < -0.39 is 6.10 Å². The maximum Gasteiger partial charge on any atom is 0.251 e. The first-order chi connectivity index (χ1) is 13.6. The minimum absolute atomic E-state index is 0.00462. The molecule has 2 heterocycles. The molecule has 152 valence electrons. The fourth-order valence-electron chi connectivity index (χ4n) is 5.01. The molecular weight excluding hydrogens is 354 g/mol. The minimum atomic E-state index is -0.445. The predicted molar refractivity (Wildman–Crippen MR) is 108 cm³/mol. The Bertz CT molecular complexity index is 753. The van der Waals surface area contributed by atoms with Gasteiger partial charge in [0.05, 0.1) is 12.6 Å². The number of fused-ring (bicyclic) bond motifs is 3. The van der Waals surface area contributed by atoms with Crippen LogP contribution in [0.3, 0.4) is 0 Å². The first kappa shape index (κ1) is 19.3. The van der Waals surface area contributed by atoms with Gasteiger partial charge in [-0.3, -0.25) is 4.79 Å². The summed E-state index contributed by atoms with van der Waals surface area (Å²) >= 11 is 0. The van der Waals surface area contributed by atoms with Gasteiger partial charge >= 0.3 is 0 Å². The van der Waals surface area contributed by atoms with Crippen LogP contribution in [0.25, 0.3) is 0 Å². The average Bonchev–Trinajstić information content (AvgIpc) is 3.18. The zero-order valence-electron chi connectivity index (χ0n) is 17.0. The van der Waals surface area contributed by atoms with E-state index in [9.17, 15) is 4.79 Å². The van der Waals surface area contributed by atoms with Gasteiger partial charge in [-0.25, -0.2) is 0 Å². The second-order valence-corrected chi connectivity index (χ2v) is 8.30. The van der Waals surface area contributed by atoms with Crippen LogP contribution in [0, 0.1) is 0 Å². The quantitative estimate of drug-likeness (QED) is 0.564. The molecular formula is C23H31NO4. The average molecular weight is 386 g/mol. The van der Waals surface area contributed by atoms with E-state index in [2.05, 4.69) is 25.6 Å². The van der Waals surface area contributed by atoms with Gasteiger partial charge in [-0.05, 0) is 56.4 Å². The Balaban J connectivity index is 1.67. The highest BCUT2D eigenvalue weighted by Gasteiger charge is 2.47. The number of benzene rings is 1. The van der Waals surface area contributed by atoms with Crippen LogP contribution in [0.15, 0.2) is 24.8 Å². The maximum atomic E-state index is 13.3. The van der Waals surface area contributed by atoms with Crippen molar-refractivity contribution in [2.75, 3.05) is 26.4 Å². The Morgan fingerprint density at radius 1 is 1.32 bits per heavy atom. The lowest BCUT2D eigenvalue weighted by Gasteiger charge is -2.47. The highest BCUT2D eigenvalue weighted by atomic mass is 16.6. The summed E-state index contributed by atoms with van der Waals surface area (Å²) in [6.45, 7) is 10.1. The Hall–Kier alpha value is -2.01. The molecule has 0 saturated heterocycles. The van der Waals surface area contributed by atoms with Gasteiger partial charge in [-0.2, -0.15) is 0 Å². The third kappa shape index (κ3) is 3.30. The van der Waals surface area contributed by atoms with Crippen LogP contribution >= 0.6 is 0 Å². The van der Waals surface area contributed by atoms with Crippen LogP contribution in [-0.4, -0.2) is 43.3 Å². The third-order valence-corrected chi connectivity index (χ3v) is 6.56. The van der Waals surface area contributed by atoms with E-state index in [1.165, 1.54) is 24.0 Å². The SMILES string of the molecule is C=CCCO[C@H](C)C(=O)N1CC2(CCCC2)c2cc3c(cc2[C@H]1C)OCCO3. The highest BCUT2D eigenvalue weighted by molar-refractivity contribution is 5.81. The van der Waals surface area contributed by atoms with Crippen molar-refractivity contribution >= 4 is 5.91 Å². The van der Waals surface area contributed by atoms with Crippen LogP contribution in [-0.2, 0) is 14.9 Å². The van der Waals surface area contributed by atoms with E-state index in [4.69, 9.17) is 14.2 Å². The van der Waals surface area contributed by atoms with E-state index in [1.807, 2.05) is 17.9 Å². The van der Waals surface area contributed by atoms with Gasteiger partial charge in [0.15, 0.2) is 11.5 Å². The number of carbonyl (C=O) groups excluding carboxylic acids is 1. The largest absolute Gasteiger partial charge is 0.486 e. The Morgan fingerprint density at radius 3 is 2.68 bits per heavy atom. The Labute approximate surface area is 167 Å². The molecule has 1 aromatic carbocycles. The number of hydrogen-bond donors (Lipinski definition) is 0. The lowest BCUT2D eigenvalue weighted by Crippen LogP contribution is -2.51.